The van der Waals surface area contributed by atoms with Crippen LogP contribution in [0.3, 0.4) is 0 Å². The molecule has 0 N–H and O–H groups in total. The molecule has 0 heterocycles. The number of allylic oxidation sites excluding steroid dienone is 13. The molecule has 0 aromatic heterocycles. The van der Waals surface area contributed by atoms with Gasteiger partial charge in [0.05, 0.1) is 0 Å². The predicted octanol–water partition coefficient (Wildman–Crippen LogP) is 11.8. The first-order valence-corrected chi connectivity index (χ1v) is 15.3. The van der Waals surface area contributed by atoms with Crippen LogP contribution in [0.25, 0.3) is 11.1 Å². The smallest absolute Gasteiger partial charge is 0.0201 e. The molecule has 0 amide bonds. The van der Waals surface area contributed by atoms with Crippen LogP contribution < -0.4 is 0 Å². The Morgan fingerprint density at radius 3 is 2.37 bits per heavy atom. The first kappa shape index (κ1) is 28.9. The molecule has 3 aliphatic rings. The van der Waals surface area contributed by atoms with E-state index in [2.05, 4.69) is 121 Å². The van der Waals surface area contributed by atoms with Crippen LogP contribution in [-0.2, 0) is 0 Å². The second-order valence-electron chi connectivity index (χ2n) is 12.7. The van der Waals surface area contributed by atoms with Crippen molar-refractivity contribution >= 4 is 11.1 Å². The van der Waals surface area contributed by atoms with Crippen LogP contribution >= 0.6 is 0 Å². The summed E-state index contributed by atoms with van der Waals surface area (Å²) >= 11 is 0. The van der Waals surface area contributed by atoms with E-state index in [1.807, 2.05) is 0 Å². The van der Waals surface area contributed by atoms with Crippen LogP contribution in [0.15, 0.2) is 126 Å². The number of hydrogen-bond donors (Lipinski definition) is 0. The number of fused-ring (bicyclic) bond motifs is 1. The van der Waals surface area contributed by atoms with Crippen molar-refractivity contribution < 1.29 is 0 Å². The van der Waals surface area contributed by atoms with E-state index in [-0.39, 0.29) is 5.92 Å². The van der Waals surface area contributed by atoms with E-state index in [1.54, 1.807) is 0 Å². The Balaban J connectivity index is 1.45. The molecule has 2 aromatic rings. The minimum atomic E-state index is 0.271. The summed E-state index contributed by atoms with van der Waals surface area (Å²) < 4.78 is 0. The number of benzene rings is 2. The van der Waals surface area contributed by atoms with E-state index in [4.69, 9.17) is 6.58 Å². The van der Waals surface area contributed by atoms with Crippen molar-refractivity contribution in [1.29, 1.82) is 0 Å². The third-order valence-electron chi connectivity index (χ3n) is 9.28. The summed E-state index contributed by atoms with van der Waals surface area (Å²) in [5.41, 5.74) is 18.7. The molecule has 0 aliphatic heterocycles. The van der Waals surface area contributed by atoms with Gasteiger partial charge in [-0.2, -0.15) is 0 Å². The van der Waals surface area contributed by atoms with Gasteiger partial charge in [-0.25, -0.2) is 0 Å². The maximum atomic E-state index is 4.76. The Morgan fingerprint density at radius 2 is 1.71 bits per heavy atom. The lowest BCUT2D eigenvalue weighted by molar-refractivity contribution is 0.619. The fourth-order valence-electron chi connectivity index (χ4n) is 7.00. The summed E-state index contributed by atoms with van der Waals surface area (Å²) in [6.45, 7) is 26.9. The maximum Gasteiger partial charge on any atom is 0.0201 e. The number of hydrogen-bond acceptors (Lipinski definition) is 0. The van der Waals surface area contributed by atoms with Crippen LogP contribution in [0.1, 0.15) is 100.0 Å². The summed E-state index contributed by atoms with van der Waals surface area (Å²) in [5.74, 6) is 1.09. The summed E-state index contributed by atoms with van der Waals surface area (Å²) in [5, 5.41) is 0. The summed E-state index contributed by atoms with van der Waals surface area (Å²) in [4.78, 5) is 0. The maximum absolute atomic E-state index is 4.76. The average Bonchev–Trinajstić information content (AvgIpc) is 3.52. The molecule has 1 fully saturated rings. The molecule has 0 nitrogen and oxygen atoms in total. The quantitative estimate of drug-likeness (QED) is 0.313. The van der Waals surface area contributed by atoms with E-state index in [0.29, 0.717) is 11.8 Å². The van der Waals surface area contributed by atoms with Gasteiger partial charge in [-0.05, 0) is 113 Å². The van der Waals surface area contributed by atoms with Gasteiger partial charge in [-0.1, -0.05) is 124 Å². The standard InChI is InChI=1S/C41H46/c1-10-11-28(7)39-29(8)20-37-23-36(30(9)40(37)41(39)33-18-16-32(17-19-33)25(2)3)22-31-13-15-35(21-31)38-24-34(26(4)5)14-12-27(38)6/h12-20,22,24-25,40-41H,4,7,9-11,21,23H2,1-3,5-6,8H3/b36-22+. The molecule has 0 radical (unpaired) electrons. The van der Waals surface area contributed by atoms with Gasteiger partial charge in [0.1, 0.15) is 0 Å². The van der Waals surface area contributed by atoms with Gasteiger partial charge >= 0.3 is 0 Å². The Bertz CT molecular complexity index is 1570. The number of rotatable bonds is 8. The molecule has 3 aliphatic carbocycles. The second-order valence-corrected chi connectivity index (χ2v) is 12.7. The first-order chi connectivity index (χ1) is 19.6. The van der Waals surface area contributed by atoms with Crippen LogP contribution in [0.2, 0.25) is 0 Å². The normalized spacial score (nSPS) is 21.3. The fraction of sp³-hybridized carbons (Fsp3) is 0.317. The van der Waals surface area contributed by atoms with Crippen molar-refractivity contribution in [2.45, 2.75) is 79.1 Å². The molecular formula is C41H46. The first-order valence-electron chi connectivity index (χ1n) is 15.3. The third kappa shape index (κ3) is 5.62. The molecule has 5 rings (SSSR count). The molecule has 2 unspecified atom stereocenters. The van der Waals surface area contributed by atoms with Gasteiger partial charge in [0.2, 0.25) is 0 Å². The van der Waals surface area contributed by atoms with Crippen molar-refractivity contribution in [3.8, 4) is 0 Å². The topological polar surface area (TPSA) is 0 Å². The van der Waals surface area contributed by atoms with Crippen molar-refractivity contribution in [2.75, 3.05) is 0 Å². The zero-order valence-corrected chi connectivity index (χ0v) is 26.0. The molecule has 41 heavy (non-hydrogen) atoms. The van der Waals surface area contributed by atoms with Crippen LogP contribution in [-0.4, -0.2) is 0 Å². The lowest BCUT2D eigenvalue weighted by Crippen LogP contribution is -2.21. The van der Waals surface area contributed by atoms with Gasteiger partial charge in [0.25, 0.3) is 0 Å². The highest BCUT2D eigenvalue weighted by Crippen LogP contribution is 2.55. The van der Waals surface area contributed by atoms with Crippen molar-refractivity contribution in [3.05, 3.63) is 153 Å². The van der Waals surface area contributed by atoms with Gasteiger partial charge in [0.15, 0.2) is 0 Å². The molecule has 0 heteroatoms. The van der Waals surface area contributed by atoms with Crippen molar-refractivity contribution in [3.63, 3.8) is 0 Å². The Hall–Kier alpha value is -3.64. The lowest BCUT2D eigenvalue weighted by Gasteiger charge is -2.34. The van der Waals surface area contributed by atoms with Crippen molar-refractivity contribution in [2.24, 2.45) is 5.92 Å². The molecule has 0 saturated heterocycles. The largest absolute Gasteiger partial charge is 0.0955 e. The highest BCUT2D eigenvalue weighted by Gasteiger charge is 2.41. The van der Waals surface area contributed by atoms with Gasteiger partial charge in [-0.15, -0.1) is 0 Å². The lowest BCUT2D eigenvalue weighted by atomic mass is 9.69. The van der Waals surface area contributed by atoms with Gasteiger partial charge in [0, 0.05) is 11.8 Å². The highest BCUT2D eigenvalue weighted by molar-refractivity contribution is 5.78. The fourth-order valence-corrected chi connectivity index (χ4v) is 7.00. The van der Waals surface area contributed by atoms with Crippen LogP contribution in [0.4, 0.5) is 0 Å². The Morgan fingerprint density at radius 1 is 0.976 bits per heavy atom. The molecular weight excluding hydrogens is 492 g/mol. The minimum Gasteiger partial charge on any atom is -0.0955 e. The van der Waals surface area contributed by atoms with E-state index in [1.165, 1.54) is 72.4 Å². The average molecular weight is 539 g/mol. The van der Waals surface area contributed by atoms with Crippen LogP contribution in [0.5, 0.6) is 0 Å². The Kier molecular flexibility index (Phi) is 8.23. The molecule has 0 spiro atoms. The van der Waals surface area contributed by atoms with E-state index < -0.39 is 0 Å². The second kappa shape index (κ2) is 11.7. The minimum absolute atomic E-state index is 0.271. The summed E-state index contributed by atoms with van der Waals surface area (Å²) in [6.07, 6.45) is 13.6. The summed E-state index contributed by atoms with van der Waals surface area (Å²) in [7, 11) is 0. The van der Waals surface area contributed by atoms with E-state index in [9.17, 15) is 0 Å². The van der Waals surface area contributed by atoms with E-state index >= 15 is 0 Å². The molecule has 2 aromatic carbocycles. The molecule has 210 valence electrons. The van der Waals surface area contributed by atoms with Crippen LogP contribution in [0, 0.1) is 12.8 Å². The Labute approximate surface area is 249 Å². The van der Waals surface area contributed by atoms with E-state index in [0.717, 1.165) is 31.3 Å². The molecule has 2 atom stereocenters. The van der Waals surface area contributed by atoms with Crippen molar-refractivity contribution in [1.82, 2.24) is 0 Å². The third-order valence-corrected chi connectivity index (χ3v) is 9.28. The molecule has 0 bridgehead atoms. The zero-order valence-electron chi connectivity index (χ0n) is 26.0. The van der Waals surface area contributed by atoms with Gasteiger partial charge in [-0.3, -0.25) is 0 Å². The van der Waals surface area contributed by atoms with Gasteiger partial charge < -0.3 is 0 Å². The number of aryl methyl sites for hydroxylation is 1. The summed E-state index contributed by atoms with van der Waals surface area (Å²) in [6, 6.07) is 16.1. The highest BCUT2D eigenvalue weighted by atomic mass is 14.4. The zero-order chi connectivity index (χ0) is 29.4. The monoisotopic (exact) mass is 538 g/mol. The molecule has 1 saturated carbocycles. The predicted molar refractivity (Wildman–Crippen MR) is 180 cm³/mol. The SMILES string of the molecule is C=C(CCC)C1=C(C)C=C2C/C(=C\C3=CC=C(c4cc(C(=C)C)ccc4C)C3)C(=C)C2C1c1ccc(C(C)C)cc1.